The molecule has 1 saturated heterocycles. The lowest BCUT2D eigenvalue weighted by atomic mass is 9.82. The van der Waals surface area contributed by atoms with E-state index in [1.54, 1.807) is 11.1 Å². The van der Waals surface area contributed by atoms with Crippen molar-refractivity contribution >= 4 is 0 Å². The van der Waals surface area contributed by atoms with Gasteiger partial charge in [-0.2, -0.15) is 0 Å². The molecule has 0 amide bonds. The Kier molecular flexibility index (Phi) is 3.76. The number of piperazine rings is 1. The summed E-state index contributed by atoms with van der Waals surface area (Å²) in [5, 5.41) is 3.78. The Morgan fingerprint density at radius 1 is 1.19 bits per heavy atom. The van der Waals surface area contributed by atoms with Crippen molar-refractivity contribution in [2.45, 2.75) is 57.0 Å². The van der Waals surface area contributed by atoms with Crippen LogP contribution in [0.25, 0.3) is 0 Å². The molecule has 0 aromatic heterocycles. The van der Waals surface area contributed by atoms with E-state index in [1.807, 2.05) is 0 Å². The van der Waals surface area contributed by atoms with Gasteiger partial charge in [-0.15, -0.1) is 0 Å². The van der Waals surface area contributed by atoms with Crippen molar-refractivity contribution in [3.05, 3.63) is 35.4 Å². The molecule has 1 N–H and O–H groups in total. The summed E-state index contributed by atoms with van der Waals surface area (Å²) >= 11 is 0. The first-order valence-electron chi connectivity index (χ1n) is 8.86. The van der Waals surface area contributed by atoms with E-state index in [4.69, 9.17) is 0 Å². The maximum atomic E-state index is 3.78. The molecule has 1 heterocycles. The van der Waals surface area contributed by atoms with E-state index >= 15 is 0 Å². The molecule has 3 unspecified atom stereocenters. The molecule has 2 heteroatoms. The lowest BCUT2D eigenvalue weighted by molar-refractivity contribution is 0.122. The van der Waals surface area contributed by atoms with Gasteiger partial charge in [0.25, 0.3) is 0 Å². The lowest BCUT2D eigenvalue weighted by Gasteiger charge is -2.41. The van der Waals surface area contributed by atoms with Crippen LogP contribution in [0.4, 0.5) is 0 Å². The molecule has 4 rings (SSSR count). The molecule has 0 spiro atoms. The van der Waals surface area contributed by atoms with E-state index in [1.165, 1.54) is 51.7 Å². The quantitative estimate of drug-likeness (QED) is 0.917. The molecule has 0 bridgehead atoms. The number of benzene rings is 1. The molecule has 2 fully saturated rings. The van der Waals surface area contributed by atoms with E-state index in [-0.39, 0.29) is 0 Å². The van der Waals surface area contributed by atoms with Crippen molar-refractivity contribution in [1.82, 2.24) is 10.2 Å². The van der Waals surface area contributed by atoms with Gasteiger partial charge in [0.15, 0.2) is 0 Å². The van der Waals surface area contributed by atoms with Crippen molar-refractivity contribution < 1.29 is 0 Å². The Morgan fingerprint density at radius 2 is 2.05 bits per heavy atom. The van der Waals surface area contributed by atoms with Gasteiger partial charge in [-0.1, -0.05) is 24.3 Å². The first-order chi connectivity index (χ1) is 10.3. The Morgan fingerprint density at radius 3 is 2.90 bits per heavy atom. The summed E-state index contributed by atoms with van der Waals surface area (Å²) in [6.07, 6.45) is 6.93. The monoisotopic (exact) mass is 284 g/mol. The zero-order chi connectivity index (χ0) is 14.2. The predicted octanol–water partition coefficient (Wildman–Crippen LogP) is 3.18. The topological polar surface area (TPSA) is 15.3 Å². The van der Waals surface area contributed by atoms with E-state index in [0.717, 1.165) is 17.9 Å². The van der Waals surface area contributed by atoms with Crippen LogP contribution < -0.4 is 5.32 Å². The van der Waals surface area contributed by atoms with Gasteiger partial charge in [-0.25, -0.2) is 0 Å². The molecule has 3 aliphatic rings. The van der Waals surface area contributed by atoms with Crippen LogP contribution >= 0.6 is 0 Å². The molecule has 1 aromatic rings. The molecule has 1 saturated carbocycles. The van der Waals surface area contributed by atoms with Crippen molar-refractivity contribution in [1.29, 1.82) is 0 Å². The fraction of sp³-hybridized carbons (Fsp3) is 0.684. The maximum absolute atomic E-state index is 3.78. The van der Waals surface area contributed by atoms with Crippen LogP contribution in [0.5, 0.6) is 0 Å². The van der Waals surface area contributed by atoms with Gasteiger partial charge in [-0.05, 0) is 62.0 Å². The highest BCUT2D eigenvalue weighted by molar-refractivity contribution is 5.32. The third kappa shape index (κ3) is 2.89. The third-order valence-corrected chi connectivity index (χ3v) is 5.87. The highest BCUT2D eigenvalue weighted by Gasteiger charge is 2.36. The molecule has 0 radical (unpaired) electrons. The zero-order valence-corrected chi connectivity index (χ0v) is 13.2. The second-order valence-electron chi connectivity index (χ2n) is 7.44. The molecule has 114 valence electrons. The molecular weight excluding hydrogens is 256 g/mol. The van der Waals surface area contributed by atoms with Crippen molar-refractivity contribution in [3.63, 3.8) is 0 Å². The van der Waals surface area contributed by atoms with Crippen molar-refractivity contribution in [2.24, 2.45) is 5.92 Å². The Labute approximate surface area is 128 Å². The largest absolute Gasteiger partial charge is 0.311 e. The summed E-state index contributed by atoms with van der Waals surface area (Å²) in [6.45, 7) is 6.11. The highest BCUT2D eigenvalue weighted by Crippen LogP contribution is 2.36. The molecule has 3 atom stereocenters. The predicted molar refractivity (Wildman–Crippen MR) is 87.7 cm³/mol. The van der Waals surface area contributed by atoms with Crippen molar-refractivity contribution in [3.8, 4) is 0 Å². The first kappa shape index (κ1) is 13.8. The minimum Gasteiger partial charge on any atom is -0.311 e. The van der Waals surface area contributed by atoms with Crippen LogP contribution in [0.1, 0.15) is 49.7 Å². The fourth-order valence-electron chi connectivity index (χ4n) is 4.34. The minimum absolute atomic E-state index is 0.689. The number of fused-ring (bicyclic) bond motifs is 1. The average Bonchev–Trinajstić information content (AvgIpc) is 3.35. The number of hydrogen-bond donors (Lipinski definition) is 1. The normalized spacial score (nSPS) is 33.7. The Bertz CT molecular complexity index is 494. The van der Waals surface area contributed by atoms with Crippen LogP contribution in [0.15, 0.2) is 24.3 Å². The molecule has 2 nitrogen and oxygen atoms in total. The van der Waals surface area contributed by atoms with Gasteiger partial charge < -0.3 is 5.32 Å². The summed E-state index contributed by atoms with van der Waals surface area (Å²) in [4.78, 5) is 2.77. The summed E-state index contributed by atoms with van der Waals surface area (Å²) < 4.78 is 0. The van der Waals surface area contributed by atoms with Gasteiger partial charge in [0, 0.05) is 31.7 Å². The van der Waals surface area contributed by atoms with Gasteiger partial charge in [0.05, 0.1) is 0 Å². The zero-order valence-electron chi connectivity index (χ0n) is 13.2. The van der Waals surface area contributed by atoms with E-state index in [0.29, 0.717) is 6.04 Å². The standard InChI is InChI=1S/C19H28N2/c1-14-11-20-19(16-9-10-16)13-21(14)12-17-7-4-6-15-5-2-3-8-18(15)17/h2-3,5,8,14,16-17,19-20H,4,6-7,9-13H2,1H3. The van der Waals surface area contributed by atoms with Gasteiger partial charge >= 0.3 is 0 Å². The highest BCUT2D eigenvalue weighted by atomic mass is 15.2. The summed E-state index contributed by atoms with van der Waals surface area (Å²) in [5.41, 5.74) is 3.24. The number of rotatable bonds is 3. The number of nitrogens with one attached hydrogen (secondary N) is 1. The van der Waals surface area contributed by atoms with Crippen LogP contribution in [-0.4, -0.2) is 36.6 Å². The number of nitrogens with zero attached hydrogens (tertiary/aromatic N) is 1. The molecule has 2 aliphatic carbocycles. The average molecular weight is 284 g/mol. The smallest absolute Gasteiger partial charge is 0.0224 e. The van der Waals surface area contributed by atoms with Crippen molar-refractivity contribution in [2.75, 3.05) is 19.6 Å². The molecule has 1 aliphatic heterocycles. The summed E-state index contributed by atoms with van der Waals surface area (Å²) in [7, 11) is 0. The number of aryl methyl sites for hydroxylation is 1. The molecule has 1 aromatic carbocycles. The lowest BCUT2D eigenvalue weighted by Crippen LogP contribution is -2.57. The van der Waals surface area contributed by atoms with Gasteiger partial charge in [0.1, 0.15) is 0 Å². The number of hydrogen-bond acceptors (Lipinski definition) is 2. The second-order valence-corrected chi connectivity index (χ2v) is 7.44. The third-order valence-electron chi connectivity index (χ3n) is 5.87. The SMILES string of the molecule is CC1CNC(C2CC2)CN1CC1CCCc2ccccc21. The van der Waals surface area contributed by atoms with Crippen LogP contribution in [0.2, 0.25) is 0 Å². The van der Waals surface area contributed by atoms with E-state index < -0.39 is 0 Å². The van der Waals surface area contributed by atoms with Crippen LogP contribution in [-0.2, 0) is 6.42 Å². The molecular formula is C19H28N2. The second kappa shape index (κ2) is 5.73. The van der Waals surface area contributed by atoms with Gasteiger partial charge in [-0.3, -0.25) is 4.90 Å². The Balaban J connectivity index is 1.47. The minimum atomic E-state index is 0.689. The van der Waals surface area contributed by atoms with E-state index in [9.17, 15) is 0 Å². The van der Waals surface area contributed by atoms with E-state index in [2.05, 4.69) is 41.4 Å². The first-order valence-corrected chi connectivity index (χ1v) is 8.86. The summed E-state index contributed by atoms with van der Waals surface area (Å²) in [5.74, 6) is 1.73. The maximum Gasteiger partial charge on any atom is 0.0224 e. The van der Waals surface area contributed by atoms with Crippen LogP contribution in [0.3, 0.4) is 0 Å². The van der Waals surface area contributed by atoms with Crippen LogP contribution in [0, 0.1) is 5.92 Å². The Hall–Kier alpha value is -0.860. The fourth-order valence-corrected chi connectivity index (χ4v) is 4.34. The summed E-state index contributed by atoms with van der Waals surface area (Å²) in [6, 6.07) is 10.6. The molecule has 21 heavy (non-hydrogen) atoms. The van der Waals surface area contributed by atoms with Gasteiger partial charge in [0.2, 0.25) is 0 Å².